The molecule has 2 aromatic carbocycles. The largest absolute Gasteiger partial charge is 0.339 e. The van der Waals surface area contributed by atoms with Crippen LogP contribution in [0.15, 0.2) is 48.5 Å². The summed E-state index contributed by atoms with van der Waals surface area (Å²) in [5.41, 5.74) is 3.89. The molecular weight excluding hydrogens is 425 g/mol. The fourth-order valence-electron chi connectivity index (χ4n) is 2.24. The number of nitrogens with one attached hydrogen (secondary N) is 3. The zero-order chi connectivity index (χ0) is 20.0. The van der Waals surface area contributed by atoms with Crippen LogP contribution in [0.3, 0.4) is 0 Å². The number of rotatable bonds is 5. The Labute approximate surface area is 179 Å². The maximum Gasteiger partial charge on any atom is 0.228 e. The van der Waals surface area contributed by atoms with E-state index < -0.39 is 9.96 Å². The van der Waals surface area contributed by atoms with E-state index in [-0.39, 0.29) is 17.4 Å². The van der Waals surface area contributed by atoms with Gasteiger partial charge in [-0.25, -0.2) is 0 Å². The third-order valence-corrected chi connectivity index (χ3v) is 4.58. The molecule has 0 aliphatic heterocycles. The average molecular weight is 445 g/mol. The molecule has 0 aliphatic rings. The Morgan fingerprint density at radius 3 is 2.00 bits per heavy atom. The lowest BCUT2D eigenvalue weighted by atomic mass is 10.1. The lowest BCUT2D eigenvalue weighted by Crippen LogP contribution is -2.56. The van der Waals surface area contributed by atoms with Gasteiger partial charge in [0, 0.05) is 5.69 Å². The summed E-state index contributed by atoms with van der Waals surface area (Å²) in [6.45, 7) is 3.97. The molecule has 8 heteroatoms. The maximum atomic E-state index is 12.3. The summed E-state index contributed by atoms with van der Waals surface area (Å²) in [5.74, 6) is -0.291. The minimum Gasteiger partial charge on any atom is -0.339 e. The Hall–Kier alpha value is -1.53. The molecule has 0 spiro atoms. The van der Waals surface area contributed by atoms with Gasteiger partial charge in [-0.3, -0.25) is 4.79 Å². The van der Waals surface area contributed by atoms with Crippen molar-refractivity contribution in [2.75, 3.05) is 5.32 Å². The molecule has 0 saturated carbocycles. The Bertz CT molecular complexity index is 728. The van der Waals surface area contributed by atoms with Gasteiger partial charge in [0.15, 0.2) is 5.11 Å². The molecule has 144 valence electrons. The molecule has 3 N–H and O–H groups in total. The fourth-order valence-corrected chi connectivity index (χ4v) is 2.80. The van der Waals surface area contributed by atoms with Crippen LogP contribution in [0.4, 0.5) is 5.69 Å². The highest BCUT2D eigenvalue weighted by molar-refractivity contribution is 7.80. The molecule has 1 unspecified atom stereocenters. The van der Waals surface area contributed by atoms with E-state index in [2.05, 4.69) is 16.0 Å². The second-order valence-electron chi connectivity index (χ2n) is 6.17. The average Bonchev–Trinajstić information content (AvgIpc) is 2.57. The number of alkyl halides is 3. The summed E-state index contributed by atoms with van der Waals surface area (Å²) < 4.78 is -1.79. The van der Waals surface area contributed by atoms with Gasteiger partial charge in [-0.15, -0.1) is 0 Å². The quantitative estimate of drug-likeness (QED) is 0.357. The summed E-state index contributed by atoms with van der Waals surface area (Å²) in [7, 11) is 0. The van der Waals surface area contributed by atoms with E-state index in [1.807, 2.05) is 62.4 Å². The van der Waals surface area contributed by atoms with Gasteiger partial charge in [0.25, 0.3) is 0 Å². The van der Waals surface area contributed by atoms with E-state index in [9.17, 15) is 4.79 Å². The third kappa shape index (κ3) is 7.54. The molecular formula is C19H20Cl3N3OS. The third-order valence-electron chi connectivity index (χ3n) is 3.70. The normalized spacial score (nSPS) is 12.2. The van der Waals surface area contributed by atoms with Crippen LogP contribution in [0.25, 0.3) is 0 Å². The Kier molecular flexibility index (Phi) is 7.74. The maximum absolute atomic E-state index is 12.3. The van der Waals surface area contributed by atoms with Crippen molar-refractivity contribution >= 4 is 63.7 Å². The fraction of sp³-hybridized carbons (Fsp3) is 0.263. The van der Waals surface area contributed by atoms with Crippen molar-refractivity contribution < 1.29 is 4.79 Å². The number of halogens is 3. The van der Waals surface area contributed by atoms with Gasteiger partial charge < -0.3 is 16.0 Å². The highest BCUT2D eigenvalue weighted by Crippen LogP contribution is 2.29. The number of benzene rings is 2. The van der Waals surface area contributed by atoms with E-state index in [4.69, 9.17) is 47.0 Å². The van der Waals surface area contributed by atoms with Gasteiger partial charge in [0.1, 0.15) is 6.17 Å². The number of carbonyl (C=O) groups is 1. The van der Waals surface area contributed by atoms with E-state index in [1.54, 1.807) is 0 Å². The lowest BCUT2D eigenvalue weighted by Gasteiger charge is -2.27. The van der Waals surface area contributed by atoms with Crippen LogP contribution < -0.4 is 16.0 Å². The Balaban J connectivity index is 1.97. The molecule has 1 amide bonds. The van der Waals surface area contributed by atoms with E-state index >= 15 is 0 Å². The van der Waals surface area contributed by atoms with Gasteiger partial charge in [-0.1, -0.05) is 82.3 Å². The first-order valence-corrected chi connectivity index (χ1v) is 9.73. The molecule has 0 bridgehead atoms. The summed E-state index contributed by atoms with van der Waals surface area (Å²) >= 11 is 23.3. The minimum atomic E-state index is -1.79. The van der Waals surface area contributed by atoms with Crippen LogP contribution >= 0.6 is 47.0 Å². The highest BCUT2D eigenvalue weighted by atomic mass is 35.6. The van der Waals surface area contributed by atoms with E-state index in [0.717, 1.165) is 22.4 Å². The van der Waals surface area contributed by atoms with Crippen LogP contribution in [-0.2, 0) is 11.2 Å². The lowest BCUT2D eigenvalue weighted by molar-refractivity contribution is -0.121. The monoisotopic (exact) mass is 443 g/mol. The van der Waals surface area contributed by atoms with E-state index in [0.29, 0.717) is 0 Å². The highest BCUT2D eigenvalue weighted by Gasteiger charge is 2.34. The Morgan fingerprint density at radius 2 is 1.48 bits per heavy atom. The smallest absolute Gasteiger partial charge is 0.228 e. The Morgan fingerprint density at radius 1 is 0.963 bits per heavy atom. The first kappa shape index (κ1) is 21.8. The minimum absolute atomic E-state index is 0.164. The van der Waals surface area contributed by atoms with Gasteiger partial charge >= 0.3 is 0 Å². The number of thiocarbonyl (C=S) groups is 1. The summed E-state index contributed by atoms with van der Waals surface area (Å²) in [4.78, 5) is 12.3. The van der Waals surface area contributed by atoms with Gasteiger partial charge in [0.2, 0.25) is 9.70 Å². The van der Waals surface area contributed by atoms with Crippen molar-refractivity contribution in [2.24, 2.45) is 0 Å². The number of hydrogen-bond acceptors (Lipinski definition) is 2. The molecule has 0 aromatic heterocycles. The zero-order valence-electron chi connectivity index (χ0n) is 14.9. The molecule has 1 atom stereocenters. The second-order valence-corrected chi connectivity index (χ2v) is 8.95. The molecule has 0 radical (unpaired) electrons. The predicted octanol–water partition coefficient (Wildman–Crippen LogP) is 4.65. The van der Waals surface area contributed by atoms with Crippen molar-refractivity contribution in [2.45, 2.75) is 30.2 Å². The predicted molar refractivity (Wildman–Crippen MR) is 118 cm³/mol. The molecule has 0 heterocycles. The number of aryl methyl sites for hydroxylation is 2. The van der Waals surface area contributed by atoms with E-state index in [1.165, 1.54) is 0 Å². The number of hydrogen-bond donors (Lipinski definition) is 3. The molecule has 2 aromatic rings. The molecule has 0 fully saturated rings. The van der Waals surface area contributed by atoms with Crippen LogP contribution in [0.1, 0.15) is 16.7 Å². The SMILES string of the molecule is Cc1ccc(CC(=O)NC(NC(=S)Nc2ccc(C)cc2)C(Cl)(Cl)Cl)cc1. The zero-order valence-corrected chi connectivity index (χ0v) is 17.9. The second kappa shape index (κ2) is 9.60. The van der Waals surface area contributed by atoms with Gasteiger partial charge in [-0.2, -0.15) is 0 Å². The number of amides is 1. The molecule has 4 nitrogen and oxygen atoms in total. The molecule has 27 heavy (non-hydrogen) atoms. The van der Waals surface area contributed by atoms with Crippen LogP contribution in [0.5, 0.6) is 0 Å². The van der Waals surface area contributed by atoms with Gasteiger partial charge in [-0.05, 0) is 43.8 Å². The van der Waals surface area contributed by atoms with Crippen molar-refractivity contribution in [3.63, 3.8) is 0 Å². The van der Waals surface area contributed by atoms with Crippen LogP contribution in [0.2, 0.25) is 0 Å². The molecule has 2 rings (SSSR count). The topological polar surface area (TPSA) is 53.2 Å². The van der Waals surface area contributed by atoms with Crippen molar-refractivity contribution in [3.05, 3.63) is 65.2 Å². The van der Waals surface area contributed by atoms with Crippen molar-refractivity contribution in [1.29, 1.82) is 0 Å². The standard InChI is InChI=1S/C19H20Cl3N3OS/c1-12-3-7-14(8-4-12)11-16(26)24-17(19(20,21)22)25-18(27)23-15-9-5-13(2)6-10-15/h3-10,17H,11H2,1-2H3,(H,24,26)(H2,23,25,27). The molecule has 0 aliphatic carbocycles. The van der Waals surface area contributed by atoms with Gasteiger partial charge in [0.05, 0.1) is 6.42 Å². The summed E-state index contributed by atoms with van der Waals surface area (Å²) in [6, 6.07) is 15.3. The summed E-state index contributed by atoms with van der Waals surface area (Å²) in [5, 5.41) is 8.73. The van der Waals surface area contributed by atoms with Crippen LogP contribution in [-0.4, -0.2) is 21.0 Å². The number of carbonyl (C=O) groups excluding carboxylic acids is 1. The number of anilines is 1. The molecule has 0 saturated heterocycles. The van der Waals surface area contributed by atoms with Crippen molar-refractivity contribution in [1.82, 2.24) is 10.6 Å². The van der Waals surface area contributed by atoms with Crippen LogP contribution in [0, 0.1) is 13.8 Å². The first-order valence-electron chi connectivity index (χ1n) is 8.19. The van der Waals surface area contributed by atoms with Crippen molar-refractivity contribution in [3.8, 4) is 0 Å². The summed E-state index contributed by atoms with van der Waals surface area (Å²) in [6.07, 6.45) is -0.830. The first-order chi connectivity index (χ1) is 12.6.